The minimum atomic E-state index is 0. The van der Waals surface area contributed by atoms with E-state index in [-0.39, 0.29) is 12.4 Å². The first-order valence-electron chi connectivity index (χ1n) is 7.97. The molecular weight excluding hydrogens is 396 g/mol. The Morgan fingerprint density at radius 3 is 2.78 bits per heavy atom. The zero-order valence-corrected chi connectivity index (χ0v) is 16.8. The molecule has 2 aliphatic rings. The number of aryl methyl sites for hydroxylation is 2. The van der Waals surface area contributed by atoms with Crippen molar-refractivity contribution in [1.29, 1.82) is 0 Å². The summed E-state index contributed by atoms with van der Waals surface area (Å²) in [6.45, 7) is 6.21. The number of fused-ring (bicyclic) bond motifs is 2. The molecule has 1 amide bonds. The van der Waals surface area contributed by atoms with Gasteiger partial charge >= 0.3 is 0 Å². The lowest BCUT2D eigenvalue weighted by molar-refractivity contribution is -0.130. The lowest BCUT2D eigenvalue weighted by atomic mass is 10.1. The third-order valence-corrected chi connectivity index (χ3v) is 6.75. The van der Waals surface area contributed by atoms with Gasteiger partial charge in [0.2, 0.25) is 5.91 Å². The van der Waals surface area contributed by atoms with E-state index < -0.39 is 0 Å². The second-order valence-corrected chi connectivity index (χ2v) is 8.21. The van der Waals surface area contributed by atoms with Crippen LogP contribution in [0, 0.1) is 13.8 Å². The maximum atomic E-state index is 12.7. The van der Waals surface area contributed by atoms with Crippen LogP contribution in [0.1, 0.15) is 30.4 Å². The number of halogens is 2. The Balaban J connectivity index is 0.00000192. The number of carbonyl (C=O) groups excluding carboxylic acids is 1. The van der Waals surface area contributed by atoms with E-state index in [1.54, 1.807) is 11.8 Å². The molecule has 0 spiro atoms. The van der Waals surface area contributed by atoms with Gasteiger partial charge in [0.1, 0.15) is 0 Å². The van der Waals surface area contributed by atoms with Gasteiger partial charge in [-0.25, -0.2) is 0 Å². The fourth-order valence-corrected chi connectivity index (χ4v) is 4.95. The van der Waals surface area contributed by atoms with Crippen LogP contribution in [0.4, 0.5) is 0 Å². The van der Waals surface area contributed by atoms with Crippen LogP contribution in [-0.2, 0) is 4.79 Å². The van der Waals surface area contributed by atoms with E-state index in [4.69, 9.17) is 0 Å². The largest absolute Gasteiger partial charge is 0.335 e. The maximum absolute atomic E-state index is 12.7. The molecule has 1 N–H and O–H groups in total. The number of benzene rings is 1. The van der Waals surface area contributed by atoms with Crippen molar-refractivity contribution in [3.63, 3.8) is 0 Å². The van der Waals surface area contributed by atoms with Crippen molar-refractivity contribution in [3.8, 4) is 0 Å². The Morgan fingerprint density at radius 2 is 2.00 bits per heavy atom. The molecule has 6 heteroatoms. The highest BCUT2D eigenvalue weighted by atomic mass is 79.9. The molecule has 0 aromatic heterocycles. The molecule has 23 heavy (non-hydrogen) atoms. The maximum Gasteiger partial charge on any atom is 0.233 e. The second kappa shape index (κ2) is 8.24. The molecule has 2 aliphatic heterocycles. The summed E-state index contributed by atoms with van der Waals surface area (Å²) in [7, 11) is 0. The zero-order valence-electron chi connectivity index (χ0n) is 13.6. The average Bonchev–Trinajstić information content (AvgIpc) is 2.74. The minimum absolute atomic E-state index is 0. The van der Waals surface area contributed by atoms with E-state index in [2.05, 4.69) is 52.1 Å². The summed E-state index contributed by atoms with van der Waals surface area (Å²) in [5, 5.41) is 3.45. The highest BCUT2D eigenvalue weighted by Crippen LogP contribution is 2.31. The summed E-state index contributed by atoms with van der Waals surface area (Å²) in [5.74, 6) is 0.857. The highest BCUT2D eigenvalue weighted by molar-refractivity contribution is 9.10. The number of carbonyl (C=O) groups is 1. The molecule has 1 aromatic rings. The topological polar surface area (TPSA) is 32.3 Å². The molecule has 3 nitrogen and oxygen atoms in total. The number of thioether (sulfide) groups is 1. The van der Waals surface area contributed by atoms with Crippen molar-refractivity contribution < 1.29 is 4.79 Å². The molecule has 3 rings (SSSR count). The van der Waals surface area contributed by atoms with Gasteiger partial charge in [0, 0.05) is 28.0 Å². The molecule has 0 saturated carbocycles. The molecule has 2 unspecified atom stereocenters. The predicted octanol–water partition coefficient (Wildman–Crippen LogP) is 3.93. The first kappa shape index (κ1) is 19.1. The number of hydrogen-bond acceptors (Lipinski definition) is 3. The van der Waals surface area contributed by atoms with Crippen molar-refractivity contribution in [2.45, 2.75) is 50.1 Å². The molecule has 2 bridgehead atoms. The number of amides is 1. The van der Waals surface area contributed by atoms with E-state index in [9.17, 15) is 4.79 Å². The minimum Gasteiger partial charge on any atom is -0.335 e. The Bertz CT molecular complexity index is 570. The number of hydrogen-bond donors (Lipinski definition) is 1. The summed E-state index contributed by atoms with van der Waals surface area (Å²) in [6.07, 6.45) is 3.44. The standard InChI is InChI=1S/C17H23BrN2OS.ClH/c1-11-8-16(12(2)7-15(11)18)22-10-17(21)20-13-3-4-14(20)9-19-6-5-13;/h7-8,13-14,19H,3-6,9-10H2,1-2H3;1H. The summed E-state index contributed by atoms with van der Waals surface area (Å²) < 4.78 is 1.14. The molecule has 0 aliphatic carbocycles. The van der Waals surface area contributed by atoms with Crippen molar-refractivity contribution in [2.75, 3.05) is 18.8 Å². The molecule has 2 heterocycles. The number of nitrogens with one attached hydrogen (secondary N) is 1. The summed E-state index contributed by atoms with van der Waals surface area (Å²) in [5.41, 5.74) is 2.45. The second-order valence-electron chi connectivity index (χ2n) is 6.33. The Labute approximate surface area is 157 Å². The Kier molecular flexibility index (Phi) is 6.84. The van der Waals surface area contributed by atoms with Crippen LogP contribution in [0.5, 0.6) is 0 Å². The number of rotatable bonds is 3. The van der Waals surface area contributed by atoms with E-state index >= 15 is 0 Å². The first-order valence-corrected chi connectivity index (χ1v) is 9.75. The molecule has 1 aromatic carbocycles. The van der Waals surface area contributed by atoms with Gasteiger partial charge in [-0.2, -0.15) is 0 Å². The summed E-state index contributed by atoms with van der Waals surface area (Å²) in [6, 6.07) is 5.19. The first-order chi connectivity index (χ1) is 10.6. The SMILES string of the molecule is Cc1cc(SCC(=O)N2C3CCNCC2CC3)c(C)cc1Br.Cl. The fourth-order valence-electron chi connectivity index (χ4n) is 3.51. The fraction of sp³-hybridized carbons (Fsp3) is 0.588. The lowest BCUT2D eigenvalue weighted by Gasteiger charge is -2.28. The van der Waals surface area contributed by atoms with Gasteiger partial charge < -0.3 is 10.2 Å². The molecule has 2 atom stereocenters. The van der Waals surface area contributed by atoms with Gasteiger partial charge in [-0.05, 0) is 62.9 Å². The van der Waals surface area contributed by atoms with Crippen molar-refractivity contribution >= 4 is 46.0 Å². The highest BCUT2D eigenvalue weighted by Gasteiger charge is 2.37. The summed E-state index contributed by atoms with van der Waals surface area (Å²) in [4.78, 5) is 16.1. The van der Waals surface area contributed by atoms with E-state index in [0.29, 0.717) is 23.7 Å². The van der Waals surface area contributed by atoms with Gasteiger partial charge in [0.25, 0.3) is 0 Å². The number of nitrogens with zero attached hydrogens (tertiary/aromatic N) is 1. The van der Waals surface area contributed by atoms with Crippen LogP contribution in [0.2, 0.25) is 0 Å². The van der Waals surface area contributed by atoms with Crippen molar-refractivity contribution in [1.82, 2.24) is 10.2 Å². The normalized spacial score (nSPS) is 23.3. The monoisotopic (exact) mass is 418 g/mol. The van der Waals surface area contributed by atoms with Crippen LogP contribution in [0.3, 0.4) is 0 Å². The molecular formula is C17H24BrClN2OS. The molecule has 2 fully saturated rings. The van der Waals surface area contributed by atoms with Crippen LogP contribution < -0.4 is 5.32 Å². The van der Waals surface area contributed by atoms with Crippen LogP contribution in [0.25, 0.3) is 0 Å². The van der Waals surface area contributed by atoms with Crippen molar-refractivity contribution in [2.24, 2.45) is 0 Å². The van der Waals surface area contributed by atoms with Gasteiger partial charge in [0.15, 0.2) is 0 Å². The van der Waals surface area contributed by atoms with Crippen LogP contribution in [-0.4, -0.2) is 41.7 Å². The van der Waals surface area contributed by atoms with Gasteiger partial charge in [-0.15, -0.1) is 24.2 Å². The lowest BCUT2D eigenvalue weighted by Crippen LogP contribution is -2.43. The molecule has 0 radical (unpaired) electrons. The predicted molar refractivity (Wildman–Crippen MR) is 103 cm³/mol. The summed E-state index contributed by atoms with van der Waals surface area (Å²) >= 11 is 5.24. The zero-order chi connectivity index (χ0) is 15.7. The van der Waals surface area contributed by atoms with Gasteiger partial charge in [0.05, 0.1) is 5.75 Å². The van der Waals surface area contributed by atoms with Gasteiger partial charge in [-0.1, -0.05) is 15.9 Å². The van der Waals surface area contributed by atoms with E-state index in [1.807, 2.05) is 0 Å². The molecule has 128 valence electrons. The van der Waals surface area contributed by atoms with E-state index in [1.165, 1.54) is 22.4 Å². The van der Waals surface area contributed by atoms with Crippen molar-refractivity contribution in [3.05, 3.63) is 27.7 Å². The quantitative estimate of drug-likeness (QED) is 0.753. The van der Waals surface area contributed by atoms with Crippen LogP contribution >= 0.6 is 40.1 Å². The average molecular weight is 420 g/mol. The van der Waals surface area contributed by atoms with Gasteiger partial charge in [-0.3, -0.25) is 4.79 Å². The molecule has 2 saturated heterocycles. The third kappa shape index (κ3) is 4.25. The smallest absolute Gasteiger partial charge is 0.233 e. The van der Waals surface area contributed by atoms with Crippen LogP contribution in [0.15, 0.2) is 21.5 Å². The van der Waals surface area contributed by atoms with E-state index in [0.717, 1.165) is 30.4 Å². The third-order valence-electron chi connectivity index (χ3n) is 4.75. The Morgan fingerprint density at radius 1 is 1.26 bits per heavy atom. The Hall–Kier alpha value is -0.230.